The van der Waals surface area contributed by atoms with Gasteiger partial charge < -0.3 is 4.74 Å². The molecular formula is C14H11BrF3NO3S. The second-order valence-electron chi connectivity index (χ2n) is 4.42. The SMILES string of the molecule is CNS(=O)(=O)c1ccc(Oc2ccc(C(F)(F)F)cc2)c(Br)c1. The Morgan fingerprint density at radius 3 is 2.17 bits per heavy atom. The smallest absolute Gasteiger partial charge is 0.416 e. The van der Waals surface area contributed by atoms with Gasteiger partial charge in [-0.2, -0.15) is 13.2 Å². The van der Waals surface area contributed by atoms with Crippen LogP contribution in [-0.2, 0) is 16.2 Å². The molecule has 2 aromatic carbocycles. The molecule has 0 aliphatic carbocycles. The van der Waals surface area contributed by atoms with Crippen molar-refractivity contribution < 1.29 is 26.3 Å². The summed E-state index contributed by atoms with van der Waals surface area (Å²) in [5.74, 6) is 0.475. The molecule has 9 heteroatoms. The van der Waals surface area contributed by atoms with E-state index >= 15 is 0 Å². The summed E-state index contributed by atoms with van der Waals surface area (Å²) >= 11 is 3.18. The molecule has 0 amide bonds. The predicted molar refractivity (Wildman–Crippen MR) is 81.9 cm³/mol. The summed E-state index contributed by atoms with van der Waals surface area (Å²) in [5.41, 5.74) is -0.778. The van der Waals surface area contributed by atoms with E-state index in [4.69, 9.17) is 4.74 Å². The first-order valence-corrected chi connectivity index (χ1v) is 8.49. The Labute approximate surface area is 139 Å². The van der Waals surface area contributed by atoms with Crippen LogP contribution in [0, 0.1) is 0 Å². The van der Waals surface area contributed by atoms with E-state index in [0.717, 1.165) is 12.1 Å². The van der Waals surface area contributed by atoms with Crippen molar-refractivity contribution in [2.75, 3.05) is 7.05 Å². The maximum absolute atomic E-state index is 12.5. The average Bonchev–Trinajstić information content (AvgIpc) is 2.49. The zero-order chi connectivity index (χ0) is 17.3. The molecule has 0 aliphatic rings. The minimum absolute atomic E-state index is 0.0339. The van der Waals surface area contributed by atoms with Crippen LogP contribution in [0.2, 0.25) is 0 Å². The van der Waals surface area contributed by atoms with Gasteiger partial charge in [-0.3, -0.25) is 0 Å². The number of alkyl halides is 3. The molecule has 1 N–H and O–H groups in total. The molecule has 0 spiro atoms. The van der Waals surface area contributed by atoms with E-state index in [9.17, 15) is 21.6 Å². The van der Waals surface area contributed by atoms with E-state index in [-0.39, 0.29) is 16.4 Å². The third-order valence-corrected chi connectivity index (χ3v) is 4.92. The van der Waals surface area contributed by atoms with Gasteiger partial charge in [-0.25, -0.2) is 13.1 Å². The van der Waals surface area contributed by atoms with Gasteiger partial charge in [0.25, 0.3) is 0 Å². The molecule has 0 aliphatic heterocycles. The van der Waals surface area contributed by atoms with Gasteiger partial charge in [-0.1, -0.05) is 0 Å². The van der Waals surface area contributed by atoms with Gasteiger partial charge in [0.15, 0.2) is 0 Å². The van der Waals surface area contributed by atoms with Crippen molar-refractivity contribution in [1.82, 2.24) is 4.72 Å². The van der Waals surface area contributed by atoms with E-state index in [1.54, 1.807) is 0 Å². The third kappa shape index (κ3) is 4.24. The van der Waals surface area contributed by atoms with Crippen LogP contribution in [0.4, 0.5) is 13.2 Å². The van der Waals surface area contributed by atoms with E-state index in [1.807, 2.05) is 0 Å². The van der Waals surface area contributed by atoms with Gasteiger partial charge in [0.2, 0.25) is 10.0 Å². The Bertz CT molecular complexity index is 805. The normalized spacial score (nSPS) is 12.2. The highest BCUT2D eigenvalue weighted by atomic mass is 79.9. The number of benzene rings is 2. The van der Waals surface area contributed by atoms with Crippen LogP contribution in [0.25, 0.3) is 0 Å². The maximum atomic E-state index is 12.5. The number of hydrogen-bond acceptors (Lipinski definition) is 3. The first kappa shape index (κ1) is 17.8. The minimum atomic E-state index is -4.41. The lowest BCUT2D eigenvalue weighted by molar-refractivity contribution is -0.137. The molecule has 0 unspecified atom stereocenters. The Hall–Kier alpha value is -1.58. The van der Waals surface area contributed by atoms with Gasteiger partial charge in [0.05, 0.1) is 14.9 Å². The minimum Gasteiger partial charge on any atom is -0.456 e. The van der Waals surface area contributed by atoms with Gasteiger partial charge >= 0.3 is 6.18 Å². The molecule has 0 bridgehead atoms. The Morgan fingerprint density at radius 1 is 1.09 bits per heavy atom. The summed E-state index contributed by atoms with van der Waals surface area (Å²) in [5, 5.41) is 0. The predicted octanol–water partition coefficient (Wildman–Crippen LogP) is 4.17. The Morgan fingerprint density at radius 2 is 1.70 bits per heavy atom. The second kappa shape index (κ2) is 6.50. The van der Waals surface area contributed by atoms with E-state index in [0.29, 0.717) is 4.47 Å². The van der Waals surface area contributed by atoms with Crippen molar-refractivity contribution in [3.63, 3.8) is 0 Å². The number of rotatable bonds is 4. The second-order valence-corrected chi connectivity index (χ2v) is 7.16. The lowest BCUT2D eigenvalue weighted by atomic mass is 10.2. The molecule has 2 aromatic rings. The molecule has 124 valence electrons. The number of sulfonamides is 1. The molecule has 0 heterocycles. The van der Waals surface area contributed by atoms with Crippen molar-refractivity contribution in [2.45, 2.75) is 11.1 Å². The lowest BCUT2D eigenvalue weighted by Gasteiger charge is -2.11. The molecule has 0 atom stereocenters. The fraction of sp³-hybridized carbons (Fsp3) is 0.143. The molecule has 4 nitrogen and oxygen atoms in total. The first-order valence-electron chi connectivity index (χ1n) is 6.22. The molecular weight excluding hydrogens is 399 g/mol. The average molecular weight is 410 g/mol. The van der Waals surface area contributed by atoms with Crippen molar-refractivity contribution in [3.05, 3.63) is 52.5 Å². The van der Waals surface area contributed by atoms with Gasteiger partial charge in [0.1, 0.15) is 11.5 Å². The van der Waals surface area contributed by atoms with Crippen molar-refractivity contribution in [1.29, 1.82) is 0 Å². The molecule has 0 aromatic heterocycles. The number of halogens is 4. The molecule has 0 saturated carbocycles. The molecule has 0 saturated heterocycles. The van der Waals surface area contributed by atoms with Crippen LogP contribution >= 0.6 is 15.9 Å². The highest BCUT2D eigenvalue weighted by Gasteiger charge is 2.30. The summed E-state index contributed by atoms with van der Waals surface area (Å²) in [6.07, 6.45) is -4.41. The molecule has 2 rings (SSSR count). The van der Waals surface area contributed by atoms with Crippen LogP contribution in [0.1, 0.15) is 5.56 Å². The monoisotopic (exact) mass is 409 g/mol. The van der Waals surface area contributed by atoms with Gasteiger partial charge in [-0.05, 0) is 65.4 Å². The standard InChI is InChI=1S/C14H11BrF3NO3S/c1-19-23(20,21)11-6-7-13(12(15)8-11)22-10-4-2-9(3-5-10)14(16,17)18/h2-8,19H,1H3. The van der Waals surface area contributed by atoms with Crippen LogP contribution < -0.4 is 9.46 Å². The van der Waals surface area contributed by atoms with E-state index in [2.05, 4.69) is 20.7 Å². The largest absolute Gasteiger partial charge is 0.456 e. The van der Waals surface area contributed by atoms with Gasteiger partial charge in [-0.15, -0.1) is 0 Å². The summed E-state index contributed by atoms with van der Waals surface area (Å²) in [4.78, 5) is 0.0339. The summed E-state index contributed by atoms with van der Waals surface area (Å²) in [7, 11) is -2.31. The van der Waals surface area contributed by atoms with Crippen molar-refractivity contribution in [3.8, 4) is 11.5 Å². The summed E-state index contributed by atoms with van der Waals surface area (Å²) in [6, 6.07) is 8.26. The molecule has 23 heavy (non-hydrogen) atoms. The maximum Gasteiger partial charge on any atom is 0.416 e. The van der Waals surface area contributed by atoms with E-state index < -0.39 is 21.8 Å². The zero-order valence-electron chi connectivity index (χ0n) is 11.7. The van der Waals surface area contributed by atoms with Crippen LogP contribution in [0.15, 0.2) is 51.8 Å². The van der Waals surface area contributed by atoms with Gasteiger partial charge in [0, 0.05) is 0 Å². The number of ether oxygens (including phenoxy) is 1. The zero-order valence-corrected chi connectivity index (χ0v) is 14.1. The number of hydrogen-bond donors (Lipinski definition) is 1. The Balaban J connectivity index is 2.24. The highest BCUT2D eigenvalue weighted by Crippen LogP contribution is 2.34. The Kier molecular flexibility index (Phi) is 5.02. The lowest BCUT2D eigenvalue weighted by Crippen LogP contribution is -2.18. The van der Waals surface area contributed by atoms with Crippen molar-refractivity contribution in [2.24, 2.45) is 0 Å². The van der Waals surface area contributed by atoms with Crippen LogP contribution in [0.3, 0.4) is 0 Å². The molecule has 0 radical (unpaired) electrons. The summed E-state index contributed by atoms with van der Waals surface area (Å²) in [6.45, 7) is 0. The fourth-order valence-electron chi connectivity index (χ4n) is 1.69. The van der Waals surface area contributed by atoms with E-state index in [1.165, 1.54) is 37.4 Å². The fourth-order valence-corrected chi connectivity index (χ4v) is 3.06. The van der Waals surface area contributed by atoms with Crippen LogP contribution in [0.5, 0.6) is 11.5 Å². The third-order valence-electron chi connectivity index (χ3n) is 2.89. The summed E-state index contributed by atoms with van der Waals surface area (Å²) < 4.78 is 68.8. The molecule has 0 fully saturated rings. The van der Waals surface area contributed by atoms with Crippen molar-refractivity contribution >= 4 is 26.0 Å². The van der Waals surface area contributed by atoms with Crippen LogP contribution in [-0.4, -0.2) is 15.5 Å². The first-order chi connectivity index (χ1) is 10.6. The number of nitrogens with one attached hydrogen (secondary N) is 1. The highest BCUT2D eigenvalue weighted by molar-refractivity contribution is 9.10. The quantitative estimate of drug-likeness (QED) is 0.824. The topological polar surface area (TPSA) is 55.4 Å².